The fourth-order valence-electron chi connectivity index (χ4n) is 2.52. The van der Waals surface area contributed by atoms with E-state index in [1.54, 1.807) is 12.1 Å². The number of rotatable bonds is 8. The Morgan fingerprint density at radius 1 is 1.00 bits per heavy atom. The number of sulfonamides is 1. The largest absolute Gasteiger partial charge is 0.316 e. The van der Waals surface area contributed by atoms with Crippen LogP contribution in [0.1, 0.15) is 33.3 Å². The molecular weight excluding hydrogens is 284 g/mol. The number of benzene rings is 1. The zero-order valence-electron chi connectivity index (χ0n) is 13.7. The highest BCUT2D eigenvalue weighted by Gasteiger charge is 2.21. The Hall–Kier alpha value is -0.910. The molecule has 0 aliphatic carbocycles. The van der Waals surface area contributed by atoms with E-state index in [-0.39, 0.29) is 0 Å². The fourth-order valence-corrected chi connectivity index (χ4v) is 3.59. The zero-order chi connectivity index (χ0) is 16.0. The minimum atomic E-state index is -3.42. The molecule has 0 unspecified atom stereocenters. The molecule has 0 radical (unpaired) electrons. The van der Waals surface area contributed by atoms with Crippen LogP contribution in [0.15, 0.2) is 29.2 Å². The van der Waals surface area contributed by atoms with E-state index in [4.69, 9.17) is 0 Å². The molecule has 120 valence electrons. The van der Waals surface area contributed by atoms with Crippen molar-refractivity contribution >= 4 is 10.0 Å². The van der Waals surface area contributed by atoms with Crippen LogP contribution in [0, 0.1) is 17.8 Å². The van der Waals surface area contributed by atoms with Gasteiger partial charge < -0.3 is 5.32 Å². The van der Waals surface area contributed by atoms with Crippen molar-refractivity contribution < 1.29 is 8.42 Å². The van der Waals surface area contributed by atoms with E-state index in [0.29, 0.717) is 29.2 Å². The van der Waals surface area contributed by atoms with E-state index >= 15 is 0 Å². The van der Waals surface area contributed by atoms with Gasteiger partial charge in [-0.2, -0.15) is 0 Å². The van der Waals surface area contributed by atoms with Crippen molar-refractivity contribution in [1.82, 2.24) is 10.0 Å². The van der Waals surface area contributed by atoms with Crippen molar-refractivity contribution in [3.05, 3.63) is 29.8 Å². The molecule has 0 saturated carbocycles. The molecule has 0 aliphatic heterocycles. The van der Waals surface area contributed by atoms with Crippen molar-refractivity contribution in [3.8, 4) is 0 Å². The van der Waals surface area contributed by atoms with Gasteiger partial charge in [-0.15, -0.1) is 0 Å². The van der Waals surface area contributed by atoms with Crippen LogP contribution in [0.5, 0.6) is 0 Å². The third kappa shape index (κ3) is 5.41. The van der Waals surface area contributed by atoms with Crippen molar-refractivity contribution in [3.63, 3.8) is 0 Å². The maximum atomic E-state index is 12.3. The second-order valence-corrected chi connectivity index (χ2v) is 7.95. The van der Waals surface area contributed by atoms with E-state index in [2.05, 4.69) is 37.7 Å². The Labute approximate surface area is 129 Å². The SMILES string of the molecule is CNCc1ccc(S(=O)(=O)NCC(C(C)C)C(C)C)cc1. The lowest BCUT2D eigenvalue weighted by molar-refractivity contribution is 0.289. The highest BCUT2D eigenvalue weighted by Crippen LogP contribution is 2.20. The molecular formula is C16H28N2O2S. The summed E-state index contributed by atoms with van der Waals surface area (Å²) in [5.74, 6) is 1.24. The Bertz CT molecular complexity index is 514. The first kappa shape index (κ1) is 18.1. The summed E-state index contributed by atoms with van der Waals surface area (Å²) in [4.78, 5) is 0.327. The van der Waals surface area contributed by atoms with Crippen LogP contribution in [-0.2, 0) is 16.6 Å². The molecule has 1 aromatic carbocycles. The van der Waals surface area contributed by atoms with E-state index in [0.717, 1.165) is 12.1 Å². The van der Waals surface area contributed by atoms with Crippen LogP contribution in [-0.4, -0.2) is 22.0 Å². The summed E-state index contributed by atoms with van der Waals surface area (Å²) in [6, 6.07) is 7.00. The standard InChI is InChI=1S/C16H28N2O2S/c1-12(2)16(13(3)4)11-18-21(19,20)15-8-6-14(7-9-15)10-17-5/h6-9,12-13,16-18H,10-11H2,1-5H3. The van der Waals surface area contributed by atoms with Gasteiger partial charge in [0.2, 0.25) is 10.0 Å². The second-order valence-electron chi connectivity index (χ2n) is 6.18. The summed E-state index contributed by atoms with van der Waals surface area (Å²) in [6.07, 6.45) is 0. The van der Waals surface area contributed by atoms with Gasteiger partial charge in [0.15, 0.2) is 0 Å². The van der Waals surface area contributed by atoms with Crippen LogP contribution < -0.4 is 10.0 Å². The maximum Gasteiger partial charge on any atom is 0.240 e. The van der Waals surface area contributed by atoms with Crippen molar-refractivity contribution in [1.29, 1.82) is 0 Å². The Morgan fingerprint density at radius 3 is 1.95 bits per heavy atom. The lowest BCUT2D eigenvalue weighted by Gasteiger charge is -2.25. The molecule has 0 saturated heterocycles. The Morgan fingerprint density at radius 2 is 1.52 bits per heavy atom. The predicted molar refractivity (Wildman–Crippen MR) is 87.6 cm³/mol. The molecule has 0 heterocycles. The third-order valence-corrected chi connectivity index (χ3v) is 5.28. The van der Waals surface area contributed by atoms with Gasteiger partial charge in [0.1, 0.15) is 0 Å². The van der Waals surface area contributed by atoms with Gasteiger partial charge in [-0.05, 0) is 42.5 Å². The van der Waals surface area contributed by atoms with Crippen molar-refractivity contribution in [2.45, 2.75) is 39.1 Å². The molecule has 2 N–H and O–H groups in total. The van der Waals surface area contributed by atoms with E-state index < -0.39 is 10.0 Å². The van der Waals surface area contributed by atoms with Gasteiger partial charge in [0, 0.05) is 13.1 Å². The van der Waals surface area contributed by atoms with Crippen LogP contribution in [0.4, 0.5) is 0 Å². The highest BCUT2D eigenvalue weighted by atomic mass is 32.2. The number of hydrogen-bond acceptors (Lipinski definition) is 3. The zero-order valence-corrected chi connectivity index (χ0v) is 14.5. The number of hydrogen-bond donors (Lipinski definition) is 2. The van der Waals surface area contributed by atoms with Crippen LogP contribution in [0.3, 0.4) is 0 Å². The van der Waals surface area contributed by atoms with Gasteiger partial charge in [0.25, 0.3) is 0 Å². The average molecular weight is 312 g/mol. The monoisotopic (exact) mass is 312 g/mol. The molecule has 1 aromatic rings. The molecule has 1 rings (SSSR count). The van der Waals surface area contributed by atoms with Gasteiger partial charge in [-0.1, -0.05) is 39.8 Å². The third-order valence-electron chi connectivity index (χ3n) is 3.84. The first-order valence-electron chi connectivity index (χ1n) is 7.51. The molecule has 0 atom stereocenters. The summed E-state index contributed by atoms with van der Waals surface area (Å²) < 4.78 is 27.4. The minimum Gasteiger partial charge on any atom is -0.316 e. The Kier molecular flexibility index (Phi) is 6.84. The van der Waals surface area contributed by atoms with Gasteiger partial charge in [-0.3, -0.25) is 0 Å². The van der Waals surface area contributed by atoms with Gasteiger partial charge >= 0.3 is 0 Å². The molecule has 0 aromatic heterocycles. The van der Waals surface area contributed by atoms with Crippen LogP contribution >= 0.6 is 0 Å². The predicted octanol–water partition coefficient (Wildman–Crippen LogP) is 2.61. The van der Waals surface area contributed by atoms with E-state index in [1.807, 2.05) is 19.2 Å². The minimum absolute atomic E-state index is 0.327. The van der Waals surface area contributed by atoms with E-state index in [9.17, 15) is 8.42 Å². The summed E-state index contributed by atoms with van der Waals surface area (Å²) in [7, 11) is -1.56. The molecule has 5 heteroatoms. The Balaban J connectivity index is 2.77. The summed E-state index contributed by atoms with van der Waals surface area (Å²) in [5, 5.41) is 3.04. The normalized spacial score (nSPS) is 12.6. The fraction of sp³-hybridized carbons (Fsp3) is 0.625. The summed E-state index contributed by atoms with van der Waals surface area (Å²) in [5.41, 5.74) is 1.07. The molecule has 0 fully saturated rings. The second kappa shape index (κ2) is 7.92. The molecule has 21 heavy (non-hydrogen) atoms. The van der Waals surface area contributed by atoms with Crippen molar-refractivity contribution in [2.75, 3.05) is 13.6 Å². The molecule has 0 spiro atoms. The quantitative estimate of drug-likeness (QED) is 0.776. The maximum absolute atomic E-state index is 12.3. The number of nitrogens with one attached hydrogen (secondary N) is 2. The lowest BCUT2D eigenvalue weighted by atomic mass is 9.86. The molecule has 0 amide bonds. The average Bonchev–Trinajstić information content (AvgIpc) is 2.39. The summed E-state index contributed by atoms with van der Waals surface area (Å²) >= 11 is 0. The topological polar surface area (TPSA) is 58.2 Å². The molecule has 4 nitrogen and oxygen atoms in total. The first-order chi connectivity index (χ1) is 9.77. The smallest absolute Gasteiger partial charge is 0.240 e. The highest BCUT2D eigenvalue weighted by molar-refractivity contribution is 7.89. The van der Waals surface area contributed by atoms with Crippen LogP contribution in [0.2, 0.25) is 0 Å². The van der Waals surface area contributed by atoms with Gasteiger partial charge in [-0.25, -0.2) is 13.1 Å². The van der Waals surface area contributed by atoms with E-state index in [1.165, 1.54) is 0 Å². The summed E-state index contributed by atoms with van der Waals surface area (Å²) in [6.45, 7) is 9.74. The molecule has 0 bridgehead atoms. The van der Waals surface area contributed by atoms with Crippen LogP contribution in [0.25, 0.3) is 0 Å². The lowest BCUT2D eigenvalue weighted by Crippen LogP contribution is -2.33. The van der Waals surface area contributed by atoms with Crippen molar-refractivity contribution in [2.24, 2.45) is 17.8 Å². The van der Waals surface area contributed by atoms with Gasteiger partial charge in [0.05, 0.1) is 4.90 Å². The first-order valence-corrected chi connectivity index (χ1v) is 8.99. The molecule has 0 aliphatic rings.